The third kappa shape index (κ3) is 3.51. The van der Waals surface area contributed by atoms with Crippen molar-refractivity contribution in [2.45, 2.75) is 18.6 Å². The number of aromatic nitrogens is 1. The van der Waals surface area contributed by atoms with Crippen molar-refractivity contribution in [2.75, 3.05) is 41.3 Å². The Morgan fingerprint density at radius 1 is 0.862 bits per heavy atom. The van der Waals surface area contributed by atoms with E-state index in [1.54, 1.807) is 5.19 Å². The molecule has 1 saturated heterocycles. The minimum atomic E-state index is -1.34. The maximum Gasteiger partial charge on any atom is 0.133 e. The molecule has 2 aromatic carbocycles. The first-order valence-corrected chi connectivity index (χ1v) is 13.5. The molecule has 0 amide bonds. The first-order valence-electron chi connectivity index (χ1n) is 10.6. The average Bonchev–Trinajstić information content (AvgIpc) is 2.80. The fourth-order valence-corrected chi connectivity index (χ4v) is 7.98. The minimum absolute atomic E-state index is 0.939. The minimum Gasteiger partial charge on any atom is -0.382 e. The van der Waals surface area contributed by atoms with Crippen molar-refractivity contribution in [3.63, 3.8) is 0 Å². The van der Waals surface area contributed by atoms with Gasteiger partial charge in [-0.3, -0.25) is 0 Å². The second kappa shape index (κ2) is 7.56. The van der Waals surface area contributed by atoms with Crippen LogP contribution in [-0.4, -0.2) is 39.2 Å². The quantitative estimate of drug-likeness (QED) is 0.658. The second-order valence-electron chi connectivity index (χ2n) is 8.38. The Morgan fingerprint density at radius 3 is 2.38 bits per heavy atom. The molecule has 1 fully saturated rings. The Labute approximate surface area is 174 Å². The monoisotopic (exact) mass is 400 g/mol. The van der Waals surface area contributed by atoms with E-state index in [0.29, 0.717) is 0 Å². The number of nitrogens with zero attached hydrogens (tertiary/aromatic N) is 3. The fraction of sp³-hybridized carbons (Fsp3) is 0.292. The number of hydrogen-bond acceptors (Lipinski definition) is 4. The van der Waals surface area contributed by atoms with Crippen LogP contribution in [0.15, 0.2) is 72.9 Å². The van der Waals surface area contributed by atoms with E-state index in [4.69, 9.17) is 4.98 Å². The van der Waals surface area contributed by atoms with Gasteiger partial charge in [0.15, 0.2) is 0 Å². The van der Waals surface area contributed by atoms with Crippen LogP contribution in [0.3, 0.4) is 0 Å². The summed E-state index contributed by atoms with van der Waals surface area (Å²) in [7, 11) is -1.34. The van der Waals surface area contributed by atoms with E-state index in [1.807, 2.05) is 0 Å². The second-order valence-corrected chi connectivity index (χ2v) is 13.1. The van der Waals surface area contributed by atoms with Gasteiger partial charge in [-0.2, -0.15) is 0 Å². The molecule has 3 aromatic rings. The summed E-state index contributed by atoms with van der Waals surface area (Å²) < 4.78 is 0. The molecule has 0 unspecified atom stereocenters. The Balaban J connectivity index is 1.30. The average molecular weight is 401 g/mol. The van der Waals surface area contributed by atoms with Gasteiger partial charge in [0.2, 0.25) is 0 Å². The summed E-state index contributed by atoms with van der Waals surface area (Å²) in [6.07, 6.45) is 2.06. The summed E-state index contributed by atoms with van der Waals surface area (Å²) >= 11 is 0. The van der Waals surface area contributed by atoms with Crippen LogP contribution in [0.5, 0.6) is 0 Å². The largest absolute Gasteiger partial charge is 0.382 e. The highest BCUT2D eigenvalue weighted by Crippen LogP contribution is 2.34. The number of pyridine rings is 1. The van der Waals surface area contributed by atoms with Crippen molar-refractivity contribution in [3.8, 4) is 0 Å². The van der Waals surface area contributed by atoms with Crippen molar-refractivity contribution < 1.29 is 0 Å². The van der Waals surface area contributed by atoms with Crippen molar-refractivity contribution >= 4 is 36.1 Å². The van der Waals surface area contributed by atoms with E-state index in [-0.39, 0.29) is 0 Å². The topological polar surface area (TPSA) is 31.4 Å². The van der Waals surface area contributed by atoms with E-state index in [1.165, 1.54) is 29.2 Å². The molecule has 0 bridgehead atoms. The Morgan fingerprint density at radius 2 is 1.62 bits per heavy atom. The lowest BCUT2D eigenvalue weighted by Crippen LogP contribution is -2.53. The summed E-state index contributed by atoms with van der Waals surface area (Å²) in [5, 5.41) is 5.08. The number of fused-ring (bicyclic) bond motifs is 1. The molecule has 3 heterocycles. The number of anilines is 4. The Bertz CT molecular complexity index is 966. The molecule has 0 radical (unpaired) electrons. The SMILES string of the molecule is C[Si]1(c2ccccc2)CCN(c2ccc(N3CCNc4ccccc43)nc2)CC1. The first-order chi connectivity index (χ1) is 14.2. The van der Waals surface area contributed by atoms with Crippen molar-refractivity contribution in [2.24, 2.45) is 0 Å². The van der Waals surface area contributed by atoms with Gasteiger partial charge in [-0.15, -0.1) is 0 Å². The van der Waals surface area contributed by atoms with Crippen LogP contribution in [0.4, 0.5) is 22.9 Å². The normalized spacial score (nSPS) is 18.1. The molecular weight excluding hydrogens is 372 g/mol. The predicted octanol–water partition coefficient (Wildman–Crippen LogP) is 4.45. The van der Waals surface area contributed by atoms with Gasteiger partial charge in [0.05, 0.1) is 31.3 Å². The van der Waals surface area contributed by atoms with E-state index >= 15 is 0 Å². The molecule has 0 atom stereocenters. The summed E-state index contributed by atoms with van der Waals surface area (Å²) in [6, 6.07) is 26.7. The molecule has 0 saturated carbocycles. The maximum atomic E-state index is 4.84. The number of nitrogens with one attached hydrogen (secondary N) is 1. The van der Waals surface area contributed by atoms with Crippen LogP contribution in [0.1, 0.15) is 0 Å². The zero-order valence-corrected chi connectivity index (χ0v) is 18.0. The van der Waals surface area contributed by atoms with Crippen molar-refractivity contribution in [1.82, 2.24) is 4.98 Å². The van der Waals surface area contributed by atoms with Gasteiger partial charge in [-0.25, -0.2) is 4.98 Å². The molecule has 5 rings (SSSR count). The van der Waals surface area contributed by atoms with Crippen molar-refractivity contribution in [3.05, 3.63) is 72.9 Å². The summed E-state index contributed by atoms with van der Waals surface area (Å²) in [6.45, 7) is 6.69. The smallest absolute Gasteiger partial charge is 0.133 e. The Hall–Kier alpha value is -2.79. The lowest BCUT2D eigenvalue weighted by molar-refractivity contribution is 0.806. The van der Waals surface area contributed by atoms with Gasteiger partial charge in [0.1, 0.15) is 5.82 Å². The van der Waals surface area contributed by atoms with Crippen LogP contribution in [-0.2, 0) is 0 Å². The fourth-order valence-electron chi connectivity index (χ4n) is 4.63. The zero-order valence-electron chi connectivity index (χ0n) is 17.0. The van der Waals surface area contributed by atoms with E-state index in [2.05, 4.69) is 94.6 Å². The third-order valence-corrected chi connectivity index (χ3v) is 10.9. The summed E-state index contributed by atoms with van der Waals surface area (Å²) in [5.74, 6) is 1.03. The molecule has 2 aliphatic rings. The molecular formula is C24H28N4Si. The number of para-hydroxylation sites is 2. The summed E-state index contributed by atoms with van der Waals surface area (Å²) in [4.78, 5) is 9.66. The van der Waals surface area contributed by atoms with Gasteiger partial charge in [-0.1, -0.05) is 54.2 Å². The van der Waals surface area contributed by atoms with Crippen LogP contribution in [0, 0.1) is 0 Å². The van der Waals surface area contributed by atoms with Gasteiger partial charge in [0.25, 0.3) is 0 Å². The highest BCUT2D eigenvalue weighted by Gasteiger charge is 2.34. The van der Waals surface area contributed by atoms with Crippen LogP contribution in [0.2, 0.25) is 18.6 Å². The highest BCUT2D eigenvalue weighted by molar-refractivity contribution is 6.91. The van der Waals surface area contributed by atoms with E-state index < -0.39 is 8.07 Å². The zero-order chi connectivity index (χ0) is 19.7. The van der Waals surface area contributed by atoms with E-state index in [0.717, 1.165) is 32.0 Å². The molecule has 1 N–H and O–H groups in total. The number of benzene rings is 2. The molecule has 2 aliphatic heterocycles. The third-order valence-electron chi connectivity index (χ3n) is 6.56. The van der Waals surface area contributed by atoms with Crippen molar-refractivity contribution in [1.29, 1.82) is 0 Å². The molecule has 148 valence electrons. The van der Waals surface area contributed by atoms with Crippen LogP contribution < -0.4 is 20.3 Å². The molecule has 0 spiro atoms. The molecule has 5 heteroatoms. The van der Waals surface area contributed by atoms with Gasteiger partial charge in [-0.05, 0) is 36.4 Å². The standard InChI is InChI=1S/C24H28N4Si/c1-29(21-7-3-2-4-8-21)17-15-27(16-18-29)20-11-12-24(26-19-20)28-14-13-25-22-9-5-6-10-23(22)28/h2-12,19,25H,13-18H2,1H3. The Kier molecular flexibility index (Phi) is 4.76. The number of rotatable bonds is 3. The number of hydrogen-bond donors (Lipinski definition) is 1. The lowest BCUT2D eigenvalue weighted by Gasteiger charge is -2.39. The van der Waals surface area contributed by atoms with Crippen LogP contribution >= 0.6 is 0 Å². The van der Waals surface area contributed by atoms with Crippen LogP contribution in [0.25, 0.3) is 0 Å². The maximum absolute atomic E-state index is 4.84. The molecule has 1 aromatic heterocycles. The van der Waals surface area contributed by atoms with Gasteiger partial charge >= 0.3 is 0 Å². The van der Waals surface area contributed by atoms with E-state index in [9.17, 15) is 0 Å². The van der Waals surface area contributed by atoms with Gasteiger partial charge < -0.3 is 15.1 Å². The van der Waals surface area contributed by atoms with Gasteiger partial charge in [0, 0.05) is 26.2 Å². The molecule has 4 nitrogen and oxygen atoms in total. The predicted molar refractivity (Wildman–Crippen MR) is 126 cm³/mol. The molecule has 29 heavy (non-hydrogen) atoms. The lowest BCUT2D eigenvalue weighted by atomic mass is 10.2. The highest BCUT2D eigenvalue weighted by atomic mass is 28.3. The molecule has 0 aliphatic carbocycles. The first kappa shape index (κ1) is 18.2. The summed E-state index contributed by atoms with van der Waals surface area (Å²) in [5.41, 5.74) is 3.65.